The first-order chi connectivity index (χ1) is 10.7. The van der Waals surface area contributed by atoms with Crippen LogP contribution in [0.5, 0.6) is 0 Å². The maximum Gasteiger partial charge on any atom is 0.238 e. The van der Waals surface area contributed by atoms with E-state index in [-0.39, 0.29) is 12.5 Å². The summed E-state index contributed by atoms with van der Waals surface area (Å²) >= 11 is 5.82. The Hall–Kier alpha value is -2.35. The quantitative estimate of drug-likeness (QED) is 0.806. The molecule has 5 heteroatoms. The SMILES string of the molecule is N#Cc1ccc(NC(=O)CNCCc2ccc(Cl)cc2)cc1. The standard InChI is InChI=1S/C17H16ClN3O/c18-15-5-1-13(2-6-15)9-10-20-12-17(22)21-16-7-3-14(11-19)4-8-16/h1-8,20H,9-10,12H2,(H,21,22). The summed E-state index contributed by atoms with van der Waals surface area (Å²) in [5, 5.41) is 15.3. The second-order valence-electron chi connectivity index (χ2n) is 4.79. The summed E-state index contributed by atoms with van der Waals surface area (Å²) < 4.78 is 0. The molecule has 0 radical (unpaired) electrons. The minimum atomic E-state index is -0.110. The van der Waals surface area contributed by atoms with E-state index < -0.39 is 0 Å². The number of hydrogen-bond acceptors (Lipinski definition) is 3. The van der Waals surface area contributed by atoms with Crippen LogP contribution in [0.15, 0.2) is 48.5 Å². The van der Waals surface area contributed by atoms with Crippen molar-refractivity contribution in [3.63, 3.8) is 0 Å². The van der Waals surface area contributed by atoms with Crippen molar-refractivity contribution in [3.8, 4) is 6.07 Å². The second kappa shape index (κ2) is 8.18. The smallest absolute Gasteiger partial charge is 0.238 e. The van der Waals surface area contributed by atoms with Crippen LogP contribution < -0.4 is 10.6 Å². The number of nitrogens with one attached hydrogen (secondary N) is 2. The van der Waals surface area contributed by atoms with E-state index in [0.717, 1.165) is 11.4 Å². The van der Waals surface area contributed by atoms with E-state index in [4.69, 9.17) is 16.9 Å². The molecule has 0 atom stereocenters. The summed E-state index contributed by atoms with van der Waals surface area (Å²) in [5.74, 6) is -0.110. The molecule has 2 rings (SSSR count). The van der Waals surface area contributed by atoms with Crippen molar-refractivity contribution in [2.24, 2.45) is 0 Å². The van der Waals surface area contributed by atoms with Gasteiger partial charge in [0.05, 0.1) is 18.2 Å². The van der Waals surface area contributed by atoms with Crippen molar-refractivity contribution >= 4 is 23.2 Å². The number of benzene rings is 2. The van der Waals surface area contributed by atoms with E-state index in [2.05, 4.69) is 10.6 Å². The highest BCUT2D eigenvalue weighted by Gasteiger charge is 2.02. The Kier molecular flexibility index (Phi) is 5.96. The van der Waals surface area contributed by atoms with Gasteiger partial charge in [0, 0.05) is 10.7 Å². The molecule has 0 aromatic heterocycles. The number of nitriles is 1. The molecular formula is C17H16ClN3O. The first-order valence-electron chi connectivity index (χ1n) is 6.92. The van der Waals surface area contributed by atoms with E-state index in [9.17, 15) is 4.79 Å². The van der Waals surface area contributed by atoms with E-state index in [1.807, 2.05) is 30.3 Å². The van der Waals surface area contributed by atoms with E-state index in [1.54, 1.807) is 24.3 Å². The van der Waals surface area contributed by atoms with Crippen molar-refractivity contribution in [1.82, 2.24) is 5.32 Å². The minimum absolute atomic E-state index is 0.110. The highest BCUT2D eigenvalue weighted by molar-refractivity contribution is 6.30. The topological polar surface area (TPSA) is 64.9 Å². The fraction of sp³-hybridized carbons (Fsp3) is 0.176. The molecule has 0 spiro atoms. The summed E-state index contributed by atoms with van der Waals surface area (Å²) in [4.78, 5) is 11.8. The fourth-order valence-electron chi connectivity index (χ4n) is 1.92. The number of amides is 1. The first kappa shape index (κ1) is 16.0. The lowest BCUT2D eigenvalue weighted by atomic mass is 10.1. The first-order valence-corrected chi connectivity index (χ1v) is 7.30. The molecule has 0 aliphatic heterocycles. The zero-order chi connectivity index (χ0) is 15.8. The monoisotopic (exact) mass is 313 g/mol. The van der Waals surface area contributed by atoms with E-state index in [1.165, 1.54) is 5.56 Å². The van der Waals surface area contributed by atoms with Gasteiger partial charge >= 0.3 is 0 Å². The molecule has 0 saturated heterocycles. The van der Waals surface area contributed by atoms with Crippen molar-refractivity contribution < 1.29 is 4.79 Å². The molecule has 0 unspecified atom stereocenters. The molecule has 1 amide bonds. The molecule has 2 aromatic rings. The highest BCUT2D eigenvalue weighted by Crippen LogP contribution is 2.10. The van der Waals surface area contributed by atoms with Gasteiger partial charge in [-0.3, -0.25) is 4.79 Å². The van der Waals surface area contributed by atoms with Crippen molar-refractivity contribution in [2.45, 2.75) is 6.42 Å². The largest absolute Gasteiger partial charge is 0.325 e. The van der Waals surface area contributed by atoms with Crippen LogP contribution in [-0.4, -0.2) is 19.0 Å². The van der Waals surface area contributed by atoms with Crippen LogP contribution in [-0.2, 0) is 11.2 Å². The van der Waals surface area contributed by atoms with Gasteiger partial charge in [0.25, 0.3) is 0 Å². The van der Waals surface area contributed by atoms with Gasteiger partial charge in [-0.1, -0.05) is 23.7 Å². The van der Waals surface area contributed by atoms with Crippen LogP contribution >= 0.6 is 11.6 Å². The summed E-state index contributed by atoms with van der Waals surface area (Å²) in [6, 6.07) is 16.5. The van der Waals surface area contributed by atoms with Gasteiger partial charge < -0.3 is 10.6 Å². The Bertz CT molecular complexity index is 660. The Labute approximate surface area is 134 Å². The maximum absolute atomic E-state index is 11.8. The van der Waals surface area contributed by atoms with E-state index >= 15 is 0 Å². The van der Waals surface area contributed by atoms with Gasteiger partial charge in [0.1, 0.15) is 0 Å². The van der Waals surface area contributed by atoms with Crippen LogP contribution in [0.25, 0.3) is 0 Å². The number of halogens is 1. The minimum Gasteiger partial charge on any atom is -0.325 e. The van der Waals surface area contributed by atoms with Gasteiger partial charge in [-0.05, 0) is 54.9 Å². The third-order valence-corrected chi connectivity index (χ3v) is 3.34. The molecular weight excluding hydrogens is 298 g/mol. The van der Waals surface area contributed by atoms with Gasteiger partial charge in [-0.25, -0.2) is 0 Å². The normalized spacial score (nSPS) is 10.0. The summed E-state index contributed by atoms with van der Waals surface area (Å²) in [6.45, 7) is 0.954. The number of carbonyl (C=O) groups excluding carboxylic acids is 1. The molecule has 0 aliphatic carbocycles. The predicted octanol–water partition coefficient (Wildman–Crippen LogP) is 2.98. The van der Waals surface area contributed by atoms with Crippen molar-refractivity contribution in [1.29, 1.82) is 5.26 Å². The molecule has 22 heavy (non-hydrogen) atoms. The average Bonchev–Trinajstić information content (AvgIpc) is 2.54. The molecule has 112 valence electrons. The van der Waals surface area contributed by atoms with Crippen LogP contribution in [0.3, 0.4) is 0 Å². The number of anilines is 1. The van der Waals surface area contributed by atoms with Crippen LogP contribution in [0, 0.1) is 11.3 Å². The van der Waals surface area contributed by atoms with Gasteiger partial charge in [0.2, 0.25) is 5.91 Å². The summed E-state index contributed by atoms with van der Waals surface area (Å²) in [5.41, 5.74) is 2.42. The van der Waals surface area contributed by atoms with Gasteiger partial charge in [-0.15, -0.1) is 0 Å². The Morgan fingerprint density at radius 3 is 2.41 bits per heavy atom. The number of nitrogens with zero attached hydrogens (tertiary/aromatic N) is 1. The Morgan fingerprint density at radius 1 is 1.09 bits per heavy atom. The number of hydrogen-bond donors (Lipinski definition) is 2. The highest BCUT2D eigenvalue weighted by atomic mass is 35.5. The average molecular weight is 314 g/mol. The van der Waals surface area contributed by atoms with Crippen LogP contribution in [0.4, 0.5) is 5.69 Å². The molecule has 2 N–H and O–H groups in total. The molecule has 4 nitrogen and oxygen atoms in total. The summed E-state index contributed by atoms with van der Waals surface area (Å²) in [6.07, 6.45) is 0.835. The lowest BCUT2D eigenvalue weighted by Gasteiger charge is -2.07. The molecule has 0 bridgehead atoms. The molecule has 0 fully saturated rings. The van der Waals surface area contributed by atoms with Gasteiger partial charge in [-0.2, -0.15) is 5.26 Å². The van der Waals surface area contributed by atoms with Crippen LogP contribution in [0.2, 0.25) is 5.02 Å². The zero-order valence-corrected chi connectivity index (χ0v) is 12.7. The van der Waals surface area contributed by atoms with E-state index in [0.29, 0.717) is 17.8 Å². The summed E-state index contributed by atoms with van der Waals surface area (Å²) in [7, 11) is 0. The second-order valence-corrected chi connectivity index (χ2v) is 5.23. The lowest BCUT2D eigenvalue weighted by Crippen LogP contribution is -2.29. The third kappa shape index (κ3) is 5.21. The molecule has 2 aromatic carbocycles. The Morgan fingerprint density at radius 2 is 1.77 bits per heavy atom. The maximum atomic E-state index is 11.8. The predicted molar refractivity (Wildman–Crippen MR) is 87.8 cm³/mol. The van der Waals surface area contributed by atoms with Crippen molar-refractivity contribution in [3.05, 3.63) is 64.7 Å². The van der Waals surface area contributed by atoms with Crippen LogP contribution in [0.1, 0.15) is 11.1 Å². The van der Waals surface area contributed by atoms with Gasteiger partial charge in [0.15, 0.2) is 0 Å². The lowest BCUT2D eigenvalue weighted by molar-refractivity contribution is -0.115. The van der Waals surface area contributed by atoms with Crippen molar-refractivity contribution in [2.75, 3.05) is 18.4 Å². The third-order valence-electron chi connectivity index (χ3n) is 3.09. The Balaban J connectivity index is 1.69. The molecule has 0 heterocycles. The zero-order valence-electron chi connectivity index (χ0n) is 12.0. The fourth-order valence-corrected chi connectivity index (χ4v) is 2.04. The number of rotatable bonds is 6. The molecule has 0 aliphatic rings. The molecule has 0 saturated carbocycles. The number of carbonyl (C=O) groups is 1.